The van der Waals surface area contributed by atoms with Crippen molar-refractivity contribution in [2.45, 2.75) is 6.54 Å². The highest BCUT2D eigenvalue weighted by atomic mass is 19.1. The summed E-state index contributed by atoms with van der Waals surface area (Å²) in [5.74, 6) is 0.0550. The molecule has 8 heteroatoms. The summed E-state index contributed by atoms with van der Waals surface area (Å²) in [7, 11) is 0. The molecule has 144 valence electrons. The summed E-state index contributed by atoms with van der Waals surface area (Å²) in [6.45, 7) is 0.480. The second kappa shape index (κ2) is 8.30. The molecule has 0 saturated carbocycles. The lowest BCUT2D eigenvalue weighted by atomic mass is 10.2. The highest BCUT2D eigenvalue weighted by Gasteiger charge is 2.09. The third kappa shape index (κ3) is 4.81. The molecule has 0 radical (unpaired) electrons. The first-order chi connectivity index (χ1) is 14.2. The first-order valence-electron chi connectivity index (χ1n) is 8.87. The van der Waals surface area contributed by atoms with Gasteiger partial charge in [0.25, 0.3) is 5.91 Å². The topological polar surface area (TPSA) is 84.7 Å². The lowest BCUT2D eigenvalue weighted by Gasteiger charge is -2.07. The number of halogens is 1. The van der Waals surface area contributed by atoms with E-state index < -0.39 is 0 Å². The third-order valence-electron chi connectivity index (χ3n) is 4.11. The molecule has 0 aliphatic carbocycles. The average molecular weight is 388 g/mol. The molecule has 0 atom stereocenters. The number of carbonyl (C=O) groups excluding carboxylic acids is 1. The van der Waals surface area contributed by atoms with Crippen LogP contribution < -0.4 is 10.6 Å². The van der Waals surface area contributed by atoms with Gasteiger partial charge in [0.15, 0.2) is 0 Å². The zero-order chi connectivity index (χ0) is 20.1. The first kappa shape index (κ1) is 18.3. The van der Waals surface area contributed by atoms with E-state index in [2.05, 4.69) is 25.7 Å². The van der Waals surface area contributed by atoms with Gasteiger partial charge in [-0.05, 0) is 35.9 Å². The molecule has 0 aliphatic heterocycles. The van der Waals surface area contributed by atoms with Crippen LogP contribution in [-0.4, -0.2) is 25.7 Å². The summed E-state index contributed by atoms with van der Waals surface area (Å²) >= 11 is 0. The summed E-state index contributed by atoms with van der Waals surface area (Å²) in [5.41, 5.74) is 2.70. The molecule has 2 aromatic heterocycles. The van der Waals surface area contributed by atoms with Crippen molar-refractivity contribution in [1.82, 2.24) is 19.7 Å². The van der Waals surface area contributed by atoms with Gasteiger partial charge >= 0.3 is 0 Å². The van der Waals surface area contributed by atoms with E-state index in [1.54, 1.807) is 66.0 Å². The maximum Gasteiger partial charge on any atom is 0.255 e. The third-order valence-corrected chi connectivity index (χ3v) is 4.11. The molecule has 0 bridgehead atoms. The minimum absolute atomic E-state index is 0.255. The number of hydrogen-bond acceptors (Lipinski definition) is 5. The Labute approximate surface area is 166 Å². The SMILES string of the molecule is O=C(Nc1cnn(Cc2ccc(F)cc2)c1)c1cccc(Nc2cnccn2)c1. The molecular weight excluding hydrogens is 371 g/mol. The van der Waals surface area contributed by atoms with E-state index in [-0.39, 0.29) is 11.7 Å². The molecular formula is C21H17FN6O. The maximum atomic E-state index is 13.0. The number of carbonyl (C=O) groups is 1. The van der Waals surface area contributed by atoms with Crippen molar-refractivity contribution >= 4 is 23.1 Å². The van der Waals surface area contributed by atoms with Crippen LogP contribution in [0.25, 0.3) is 0 Å². The van der Waals surface area contributed by atoms with Crippen LogP contribution in [0.3, 0.4) is 0 Å². The zero-order valence-electron chi connectivity index (χ0n) is 15.3. The van der Waals surface area contributed by atoms with Crippen molar-refractivity contribution < 1.29 is 9.18 Å². The van der Waals surface area contributed by atoms with Gasteiger partial charge in [-0.15, -0.1) is 0 Å². The molecule has 0 spiro atoms. The molecule has 2 heterocycles. The lowest BCUT2D eigenvalue weighted by molar-refractivity contribution is 0.102. The summed E-state index contributed by atoms with van der Waals surface area (Å²) in [4.78, 5) is 20.7. The van der Waals surface area contributed by atoms with Crippen molar-refractivity contribution in [2.75, 3.05) is 10.6 Å². The van der Waals surface area contributed by atoms with Gasteiger partial charge in [0.2, 0.25) is 0 Å². The van der Waals surface area contributed by atoms with Gasteiger partial charge < -0.3 is 10.6 Å². The van der Waals surface area contributed by atoms with Gasteiger partial charge in [-0.25, -0.2) is 9.37 Å². The van der Waals surface area contributed by atoms with E-state index in [9.17, 15) is 9.18 Å². The Morgan fingerprint density at radius 3 is 2.69 bits per heavy atom. The van der Waals surface area contributed by atoms with Crippen molar-refractivity contribution in [3.8, 4) is 0 Å². The van der Waals surface area contributed by atoms with Crippen LogP contribution in [0.15, 0.2) is 79.5 Å². The van der Waals surface area contributed by atoms with E-state index in [1.165, 1.54) is 12.1 Å². The normalized spacial score (nSPS) is 10.5. The van der Waals surface area contributed by atoms with Gasteiger partial charge in [0, 0.05) is 29.8 Å². The van der Waals surface area contributed by atoms with Crippen LogP contribution in [0.5, 0.6) is 0 Å². The van der Waals surface area contributed by atoms with Crippen molar-refractivity contribution in [3.05, 3.63) is 96.5 Å². The number of aromatic nitrogens is 4. The maximum absolute atomic E-state index is 13.0. The largest absolute Gasteiger partial charge is 0.339 e. The van der Waals surface area contributed by atoms with Crippen LogP contribution in [-0.2, 0) is 6.54 Å². The smallest absolute Gasteiger partial charge is 0.255 e. The fourth-order valence-corrected chi connectivity index (χ4v) is 2.74. The monoisotopic (exact) mass is 388 g/mol. The molecule has 0 unspecified atom stereocenters. The summed E-state index contributed by atoms with van der Waals surface area (Å²) in [6, 6.07) is 13.3. The molecule has 4 rings (SSSR count). The fraction of sp³-hybridized carbons (Fsp3) is 0.0476. The molecule has 4 aromatic rings. The van der Waals surface area contributed by atoms with E-state index in [4.69, 9.17) is 0 Å². The Bertz CT molecular complexity index is 1110. The Morgan fingerprint density at radius 2 is 1.90 bits per heavy atom. The lowest BCUT2D eigenvalue weighted by Crippen LogP contribution is -2.11. The van der Waals surface area contributed by atoms with E-state index in [0.29, 0.717) is 23.6 Å². The highest BCUT2D eigenvalue weighted by molar-refractivity contribution is 6.04. The van der Waals surface area contributed by atoms with Crippen LogP contribution >= 0.6 is 0 Å². The van der Waals surface area contributed by atoms with Gasteiger partial charge in [0.1, 0.15) is 11.6 Å². The standard InChI is InChI=1S/C21H17FN6O/c22-17-6-4-15(5-7-17)13-28-14-19(11-25-28)27-21(29)16-2-1-3-18(10-16)26-20-12-23-8-9-24-20/h1-12,14H,13H2,(H,24,26)(H,27,29). The number of nitrogens with one attached hydrogen (secondary N) is 2. The minimum Gasteiger partial charge on any atom is -0.339 e. The zero-order valence-corrected chi connectivity index (χ0v) is 15.3. The molecule has 0 saturated heterocycles. The van der Waals surface area contributed by atoms with Crippen LogP contribution in [0.4, 0.5) is 21.6 Å². The molecule has 2 aromatic carbocycles. The Hall–Kier alpha value is -4.07. The molecule has 0 fully saturated rings. The summed E-state index contributed by atoms with van der Waals surface area (Å²) in [5, 5.41) is 10.2. The Morgan fingerprint density at radius 1 is 1.03 bits per heavy atom. The van der Waals surface area contributed by atoms with E-state index >= 15 is 0 Å². The first-order valence-corrected chi connectivity index (χ1v) is 8.87. The number of anilines is 3. The minimum atomic E-state index is -0.279. The van der Waals surface area contributed by atoms with Crippen molar-refractivity contribution in [1.29, 1.82) is 0 Å². The van der Waals surface area contributed by atoms with Crippen molar-refractivity contribution in [3.63, 3.8) is 0 Å². The number of nitrogens with zero attached hydrogens (tertiary/aromatic N) is 4. The van der Waals surface area contributed by atoms with E-state index in [0.717, 1.165) is 11.3 Å². The quantitative estimate of drug-likeness (QED) is 0.524. The fourth-order valence-electron chi connectivity index (χ4n) is 2.74. The molecule has 1 amide bonds. The van der Waals surface area contributed by atoms with Gasteiger partial charge in [-0.1, -0.05) is 18.2 Å². The number of rotatable bonds is 6. The highest BCUT2D eigenvalue weighted by Crippen LogP contribution is 2.17. The predicted molar refractivity (Wildman–Crippen MR) is 107 cm³/mol. The van der Waals surface area contributed by atoms with Gasteiger partial charge in [0.05, 0.1) is 24.6 Å². The molecule has 29 heavy (non-hydrogen) atoms. The van der Waals surface area contributed by atoms with Gasteiger partial charge in [-0.2, -0.15) is 5.10 Å². The molecule has 2 N–H and O–H groups in total. The summed E-state index contributed by atoms with van der Waals surface area (Å²) < 4.78 is 14.7. The number of hydrogen-bond donors (Lipinski definition) is 2. The van der Waals surface area contributed by atoms with Crippen molar-refractivity contribution in [2.24, 2.45) is 0 Å². The predicted octanol–water partition coefficient (Wildman–Crippen LogP) is 3.86. The molecule has 7 nitrogen and oxygen atoms in total. The Kier molecular flexibility index (Phi) is 5.24. The number of amides is 1. The molecule has 0 aliphatic rings. The second-order valence-corrected chi connectivity index (χ2v) is 6.30. The van der Waals surface area contributed by atoms with Crippen LogP contribution in [0, 0.1) is 5.82 Å². The number of benzene rings is 2. The van der Waals surface area contributed by atoms with Crippen LogP contribution in [0.1, 0.15) is 15.9 Å². The average Bonchev–Trinajstić information content (AvgIpc) is 3.17. The van der Waals surface area contributed by atoms with Crippen LogP contribution in [0.2, 0.25) is 0 Å². The second-order valence-electron chi connectivity index (χ2n) is 6.30. The Balaban J connectivity index is 1.41. The van der Waals surface area contributed by atoms with E-state index in [1.807, 2.05) is 6.07 Å². The summed E-state index contributed by atoms with van der Waals surface area (Å²) in [6.07, 6.45) is 8.07. The van der Waals surface area contributed by atoms with Gasteiger partial charge in [-0.3, -0.25) is 14.5 Å².